The maximum atomic E-state index is 12.6. The standard InChI is InChI=1S/C18H18N2O/c1-3-17(18(21)15-9-5-4-6-10-15)20(2)16-11-7-8-14(12-16)13-19/h4-12,17H,3H2,1-2H3. The van der Waals surface area contributed by atoms with Crippen molar-refractivity contribution >= 4 is 11.5 Å². The highest BCUT2D eigenvalue weighted by atomic mass is 16.1. The quantitative estimate of drug-likeness (QED) is 0.784. The number of carbonyl (C=O) groups is 1. The number of hydrogen-bond acceptors (Lipinski definition) is 3. The molecular formula is C18H18N2O. The van der Waals surface area contributed by atoms with Crippen LogP contribution >= 0.6 is 0 Å². The van der Waals surface area contributed by atoms with Gasteiger partial charge >= 0.3 is 0 Å². The molecule has 1 atom stereocenters. The summed E-state index contributed by atoms with van der Waals surface area (Å²) >= 11 is 0. The Morgan fingerprint density at radius 3 is 2.52 bits per heavy atom. The van der Waals surface area contributed by atoms with Gasteiger partial charge in [0.15, 0.2) is 5.78 Å². The molecule has 0 amide bonds. The molecule has 106 valence electrons. The third-order valence-electron chi connectivity index (χ3n) is 3.60. The Morgan fingerprint density at radius 2 is 1.90 bits per heavy atom. The predicted molar refractivity (Wildman–Crippen MR) is 84.4 cm³/mol. The van der Waals surface area contributed by atoms with Crippen molar-refractivity contribution in [3.8, 4) is 6.07 Å². The molecule has 0 fully saturated rings. The third kappa shape index (κ3) is 3.29. The number of Topliss-reactive ketones (excluding diaryl/α,β-unsaturated/α-hetero) is 1. The maximum Gasteiger partial charge on any atom is 0.185 e. The van der Waals surface area contributed by atoms with Crippen molar-refractivity contribution in [3.63, 3.8) is 0 Å². The molecule has 0 spiro atoms. The van der Waals surface area contributed by atoms with Crippen molar-refractivity contribution in [3.05, 3.63) is 65.7 Å². The van der Waals surface area contributed by atoms with E-state index in [1.54, 1.807) is 12.1 Å². The molecule has 0 saturated heterocycles. The third-order valence-corrected chi connectivity index (χ3v) is 3.60. The number of ketones is 1. The highest BCUT2D eigenvalue weighted by molar-refractivity contribution is 6.01. The van der Waals surface area contributed by atoms with Crippen LogP contribution in [0.5, 0.6) is 0 Å². The topological polar surface area (TPSA) is 44.1 Å². The van der Waals surface area contributed by atoms with Gasteiger partial charge in [0.1, 0.15) is 0 Å². The molecule has 0 bridgehead atoms. The predicted octanol–water partition coefficient (Wildman–Crippen LogP) is 3.66. The fraction of sp³-hybridized carbons (Fsp3) is 0.222. The van der Waals surface area contributed by atoms with Crippen LogP contribution < -0.4 is 4.90 Å². The first-order chi connectivity index (χ1) is 10.2. The van der Waals surface area contributed by atoms with E-state index in [1.165, 1.54) is 0 Å². The number of benzene rings is 2. The molecule has 2 aromatic carbocycles. The lowest BCUT2D eigenvalue weighted by molar-refractivity contribution is 0.0957. The second-order valence-electron chi connectivity index (χ2n) is 4.93. The Bertz CT molecular complexity index is 658. The molecule has 0 radical (unpaired) electrons. The summed E-state index contributed by atoms with van der Waals surface area (Å²) in [5.74, 6) is 0.1000. The lowest BCUT2D eigenvalue weighted by Gasteiger charge is -2.28. The van der Waals surface area contributed by atoms with Crippen LogP contribution in [0.2, 0.25) is 0 Å². The van der Waals surface area contributed by atoms with Gasteiger partial charge in [-0.2, -0.15) is 5.26 Å². The number of hydrogen-bond donors (Lipinski definition) is 0. The Kier molecular flexibility index (Phi) is 4.73. The Balaban J connectivity index is 2.28. The van der Waals surface area contributed by atoms with Gasteiger partial charge in [-0.15, -0.1) is 0 Å². The lowest BCUT2D eigenvalue weighted by Crippen LogP contribution is -2.38. The largest absolute Gasteiger partial charge is 0.364 e. The van der Waals surface area contributed by atoms with Crippen molar-refractivity contribution in [2.75, 3.05) is 11.9 Å². The highest BCUT2D eigenvalue weighted by Crippen LogP contribution is 2.20. The van der Waals surface area contributed by atoms with Gasteiger partial charge in [-0.3, -0.25) is 4.79 Å². The Morgan fingerprint density at radius 1 is 1.19 bits per heavy atom. The van der Waals surface area contributed by atoms with Crippen LogP contribution in [0.25, 0.3) is 0 Å². The molecule has 3 heteroatoms. The highest BCUT2D eigenvalue weighted by Gasteiger charge is 2.22. The van der Waals surface area contributed by atoms with E-state index in [-0.39, 0.29) is 11.8 Å². The van der Waals surface area contributed by atoms with Crippen LogP contribution in [-0.2, 0) is 0 Å². The average Bonchev–Trinajstić information content (AvgIpc) is 2.56. The number of rotatable bonds is 5. The van der Waals surface area contributed by atoms with E-state index in [1.807, 2.05) is 61.3 Å². The molecule has 0 saturated carbocycles. The van der Waals surface area contributed by atoms with Crippen LogP contribution in [0, 0.1) is 11.3 Å². The number of anilines is 1. The zero-order chi connectivity index (χ0) is 15.2. The average molecular weight is 278 g/mol. The first kappa shape index (κ1) is 14.8. The summed E-state index contributed by atoms with van der Waals surface area (Å²) < 4.78 is 0. The van der Waals surface area contributed by atoms with Crippen LogP contribution in [0.15, 0.2) is 54.6 Å². The smallest absolute Gasteiger partial charge is 0.185 e. The Hall–Kier alpha value is -2.60. The van der Waals surface area contributed by atoms with E-state index in [0.29, 0.717) is 17.5 Å². The van der Waals surface area contributed by atoms with Gasteiger partial charge in [-0.05, 0) is 24.6 Å². The summed E-state index contributed by atoms with van der Waals surface area (Å²) in [5, 5.41) is 8.99. The van der Waals surface area contributed by atoms with Gasteiger partial charge in [-0.1, -0.05) is 43.3 Å². The molecule has 1 unspecified atom stereocenters. The maximum absolute atomic E-state index is 12.6. The molecule has 0 aliphatic rings. The fourth-order valence-corrected chi connectivity index (χ4v) is 2.40. The monoisotopic (exact) mass is 278 g/mol. The summed E-state index contributed by atoms with van der Waals surface area (Å²) in [6.45, 7) is 2.00. The van der Waals surface area contributed by atoms with Gasteiger partial charge in [0.2, 0.25) is 0 Å². The summed E-state index contributed by atoms with van der Waals surface area (Å²) in [6.07, 6.45) is 0.709. The van der Waals surface area contributed by atoms with Crippen LogP contribution in [0.4, 0.5) is 5.69 Å². The van der Waals surface area contributed by atoms with Crippen LogP contribution in [0.3, 0.4) is 0 Å². The van der Waals surface area contributed by atoms with Crippen molar-refractivity contribution in [2.24, 2.45) is 0 Å². The van der Waals surface area contributed by atoms with Crippen molar-refractivity contribution in [2.45, 2.75) is 19.4 Å². The summed E-state index contributed by atoms with van der Waals surface area (Å²) in [6, 6.07) is 18.5. The van der Waals surface area contributed by atoms with Crippen molar-refractivity contribution in [1.82, 2.24) is 0 Å². The molecule has 21 heavy (non-hydrogen) atoms. The second-order valence-corrected chi connectivity index (χ2v) is 4.93. The number of nitrogens with zero attached hydrogens (tertiary/aromatic N) is 2. The van der Waals surface area contributed by atoms with E-state index in [2.05, 4.69) is 6.07 Å². The molecular weight excluding hydrogens is 260 g/mol. The SMILES string of the molecule is CCC(C(=O)c1ccccc1)N(C)c1cccc(C#N)c1. The normalized spacial score (nSPS) is 11.5. The minimum atomic E-state index is -0.235. The number of nitriles is 1. The fourth-order valence-electron chi connectivity index (χ4n) is 2.40. The molecule has 0 aromatic heterocycles. The first-order valence-electron chi connectivity index (χ1n) is 6.99. The minimum absolute atomic E-state index is 0.1000. The zero-order valence-corrected chi connectivity index (χ0v) is 12.3. The van der Waals surface area contributed by atoms with E-state index in [9.17, 15) is 4.79 Å². The van der Waals surface area contributed by atoms with E-state index in [4.69, 9.17) is 5.26 Å². The number of carbonyl (C=O) groups excluding carboxylic acids is 1. The Labute approximate surface area is 125 Å². The van der Waals surface area contributed by atoms with Crippen molar-refractivity contribution < 1.29 is 4.79 Å². The lowest BCUT2D eigenvalue weighted by atomic mass is 10.0. The summed E-state index contributed by atoms with van der Waals surface area (Å²) in [5.41, 5.74) is 2.19. The summed E-state index contributed by atoms with van der Waals surface area (Å²) in [4.78, 5) is 14.6. The zero-order valence-electron chi connectivity index (χ0n) is 12.3. The molecule has 0 heterocycles. The van der Waals surface area contributed by atoms with E-state index >= 15 is 0 Å². The van der Waals surface area contributed by atoms with Crippen LogP contribution in [-0.4, -0.2) is 18.9 Å². The van der Waals surface area contributed by atoms with Gasteiger partial charge in [0.05, 0.1) is 17.7 Å². The molecule has 0 aliphatic carbocycles. The molecule has 0 N–H and O–H groups in total. The summed E-state index contributed by atoms with van der Waals surface area (Å²) in [7, 11) is 1.89. The van der Waals surface area contributed by atoms with Crippen molar-refractivity contribution in [1.29, 1.82) is 5.26 Å². The van der Waals surface area contributed by atoms with Gasteiger partial charge in [0, 0.05) is 18.3 Å². The van der Waals surface area contributed by atoms with E-state index < -0.39 is 0 Å². The first-order valence-corrected chi connectivity index (χ1v) is 6.99. The molecule has 3 nitrogen and oxygen atoms in total. The minimum Gasteiger partial charge on any atom is -0.364 e. The van der Waals surface area contributed by atoms with Crippen LogP contribution in [0.1, 0.15) is 29.3 Å². The second kappa shape index (κ2) is 6.71. The van der Waals surface area contributed by atoms with E-state index in [0.717, 1.165) is 5.69 Å². The molecule has 0 aliphatic heterocycles. The van der Waals surface area contributed by atoms with Gasteiger partial charge in [-0.25, -0.2) is 0 Å². The number of likely N-dealkylation sites (N-methyl/N-ethyl adjacent to an activating group) is 1. The molecule has 2 aromatic rings. The van der Waals surface area contributed by atoms with Gasteiger partial charge in [0.25, 0.3) is 0 Å². The molecule has 2 rings (SSSR count). The van der Waals surface area contributed by atoms with Gasteiger partial charge < -0.3 is 4.90 Å².